The Morgan fingerprint density at radius 3 is 2.11 bits per heavy atom. The predicted molar refractivity (Wildman–Crippen MR) is 206 cm³/mol. The van der Waals surface area contributed by atoms with Crippen LogP contribution in [0.5, 0.6) is 5.75 Å². The van der Waals surface area contributed by atoms with Crippen LogP contribution in [0.15, 0.2) is 97.1 Å². The fourth-order valence-corrected chi connectivity index (χ4v) is 8.14. The van der Waals surface area contributed by atoms with Gasteiger partial charge in [0.15, 0.2) is 0 Å². The normalized spacial score (nSPS) is 13.8. The Morgan fingerprint density at radius 1 is 0.926 bits per heavy atom. The second-order valence-electron chi connectivity index (χ2n) is 12.7. The first-order chi connectivity index (χ1) is 25.9. The van der Waals surface area contributed by atoms with Gasteiger partial charge in [0, 0.05) is 48.2 Å². The van der Waals surface area contributed by atoms with Crippen LogP contribution in [0.4, 0.5) is 10.1 Å². The first-order valence-electron chi connectivity index (χ1n) is 17.2. The molecular formula is C39H41Cl2FN4O7S. The van der Waals surface area contributed by atoms with Crippen molar-refractivity contribution in [3.8, 4) is 5.75 Å². The average molecular weight is 800 g/mol. The van der Waals surface area contributed by atoms with E-state index < -0.39 is 57.9 Å². The number of methoxy groups -OCH3 is 1. The summed E-state index contributed by atoms with van der Waals surface area (Å²) in [6, 6.07) is 25.5. The van der Waals surface area contributed by atoms with Gasteiger partial charge in [-0.3, -0.25) is 23.6 Å². The van der Waals surface area contributed by atoms with Crippen LogP contribution in [0, 0.1) is 5.82 Å². The van der Waals surface area contributed by atoms with Crippen molar-refractivity contribution in [3.05, 3.63) is 130 Å². The number of nitrogens with zero attached hydrogens (tertiary/aromatic N) is 2. The molecule has 2 amide bonds. The summed E-state index contributed by atoms with van der Waals surface area (Å²) in [6.45, 7) is 1.95. The summed E-state index contributed by atoms with van der Waals surface area (Å²) in [7, 11) is -2.85. The highest BCUT2D eigenvalue weighted by atomic mass is 35.5. The molecule has 15 heteroatoms. The smallest absolute Gasteiger partial charge is 0.315 e. The van der Waals surface area contributed by atoms with Gasteiger partial charge in [0.1, 0.15) is 24.0 Å². The molecule has 0 aromatic heterocycles. The largest absolute Gasteiger partial charge is 0.497 e. The maximum Gasteiger partial charge on any atom is 0.315 e. The quantitative estimate of drug-likeness (QED) is 0.105. The average Bonchev–Trinajstić information content (AvgIpc) is 3.11. The van der Waals surface area contributed by atoms with E-state index in [1.807, 2.05) is 24.3 Å². The second kappa shape index (κ2) is 18.6. The summed E-state index contributed by atoms with van der Waals surface area (Å²) in [4.78, 5) is 40.1. The van der Waals surface area contributed by atoms with E-state index in [1.54, 1.807) is 61.5 Å². The molecule has 4 aromatic rings. The number of carbonyl (C=O) groups excluding carboxylic acids is 3. The first kappa shape index (κ1) is 40.5. The summed E-state index contributed by atoms with van der Waals surface area (Å²) in [5.41, 5.74) is 2.68. The molecule has 1 unspecified atom stereocenters. The van der Waals surface area contributed by atoms with Crippen LogP contribution in [-0.2, 0) is 35.6 Å². The van der Waals surface area contributed by atoms with Gasteiger partial charge in [0.25, 0.3) is 0 Å². The first-order valence-corrected chi connectivity index (χ1v) is 19.6. The lowest BCUT2D eigenvalue weighted by molar-refractivity contribution is -0.146. The van der Waals surface area contributed by atoms with Crippen molar-refractivity contribution < 1.29 is 36.7 Å². The van der Waals surface area contributed by atoms with E-state index in [0.717, 1.165) is 28.8 Å². The Bertz CT molecular complexity index is 1970. The Morgan fingerprint density at radius 2 is 1.54 bits per heavy atom. The van der Waals surface area contributed by atoms with Gasteiger partial charge in [-0.2, -0.15) is 0 Å². The van der Waals surface area contributed by atoms with E-state index in [1.165, 1.54) is 17.5 Å². The number of hydrogen-bond acceptors (Lipinski definition) is 8. The molecule has 286 valence electrons. The van der Waals surface area contributed by atoms with Gasteiger partial charge in [0.05, 0.1) is 37.2 Å². The van der Waals surface area contributed by atoms with Gasteiger partial charge >= 0.3 is 5.97 Å². The Hall–Kier alpha value is -4.69. The van der Waals surface area contributed by atoms with Crippen LogP contribution in [0.1, 0.15) is 36.1 Å². The molecule has 1 saturated heterocycles. The number of likely N-dealkylation sites (tertiary alicyclic amines) is 1. The Labute approximate surface area is 324 Å². The zero-order valence-electron chi connectivity index (χ0n) is 29.7. The van der Waals surface area contributed by atoms with E-state index in [4.69, 9.17) is 32.7 Å². The van der Waals surface area contributed by atoms with E-state index in [9.17, 15) is 27.2 Å². The lowest BCUT2D eigenvalue weighted by atomic mass is 9.93. The van der Waals surface area contributed by atoms with Gasteiger partial charge in [0.2, 0.25) is 21.8 Å². The second-order valence-corrected chi connectivity index (χ2v) is 15.5. The Kier molecular flexibility index (Phi) is 13.9. The molecule has 11 nitrogen and oxygen atoms in total. The number of halogens is 3. The van der Waals surface area contributed by atoms with Crippen LogP contribution in [0.2, 0.25) is 10.0 Å². The van der Waals surface area contributed by atoms with E-state index >= 15 is 0 Å². The maximum absolute atomic E-state index is 14.9. The van der Waals surface area contributed by atoms with Crippen molar-refractivity contribution in [1.29, 1.82) is 0 Å². The monoisotopic (exact) mass is 798 g/mol. The van der Waals surface area contributed by atoms with Crippen molar-refractivity contribution >= 4 is 56.7 Å². The zero-order valence-corrected chi connectivity index (χ0v) is 32.0. The molecule has 0 spiro atoms. The van der Waals surface area contributed by atoms with Crippen LogP contribution in [0.3, 0.4) is 0 Å². The molecule has 54 heavy (non-hydrogen) atoms. The number of amides is 2. The highest BCUT2D eigenvalue weighted by molar-refractivity contribution is 7.92. The van der Waals surface area contributed by atoms with Crippen molar-refractivity contribution in [1.82, 2.24) is 15.5 Å². The van der Waals surface area contributed by atoms with Crippen molar-refractivity contribution in [3.63, 3.8) is 0 Å². The third kappa shape index (κ3) is 10.7. The molecule has 1 heterocycles. The number of anilines is 1. The molecule has 0 aliphatic carbocycles. The SMILES string of the molecule is CCOC(=O)CC(=O)NC(Cc1ccccc1)C(=O)NCCS(=O)(=O)N(c1cc(F)cc(OC)c1)C1CN(C(c2ccc(Cl)cc2)c2ccc(Cl)cc2)C1. The number of hydrogen-bond donors (Lipinski definition) is 2. The van der Waals surface area contributed by atoms with Crippen molar-refractivity contribution in [2.24, 2.45) is 0 Å². The molecule has 1 fully saturated rings. The summed E-state index contributed by atoms with van der Waals surface area (Å²) in [5.74, 6) is -3.19. The van der Waals surface area contributed by atoms with Gasteiger partial charge in [-0.1, -0.05) is 77.8 Å². The summed E-state index contributed by atoms with van der Waals surface area (Å²) < 4.78 is 54.6. The molecule has 0 bridgehead atoms. The number of benzene rings is 4. The van der Waals surface area contributed by atoms with Gasteiger partial charge in [-0.25, -0.2) is 12.8 Å². The molecule has 0 saturated carbocycles. The third-order valence-corrected chi connectivity index (χ3v) is 11.1. The highest BCUT2D eigenvalue weighted by Gasteiger charge is 2.42. The molecule has 4 aromatic carbocycles. The topological polar surface area (TPSA) is 134 Å². The number of rotatable bonds is 17. The molecule has 5 rings (SSSR count). The summed E-state index contributed by atoms with van der Waals surface area (Å²) >= 11 is 12.4. The maximum atomic E-state index is 14.9. The van der Waals surface area contributed by atoms with Gasteiger partial charge in [-0.15, -0.1) is 0 Å². The highest BCUT2D eigenvalue weighted by Crippen LogP contribution is 2.37. The number of carbonyl (C=O) groups is 3. The van der Waals surface area contributed by atoms with Crippen LogP contribution < -0.4 is 19.7 Å². The third-order valence-electron chi connectivity index (χ3n) is 8.81. The molecule has 0 radical (unpaired) electrons. The molecule has 1 aliphatic heterocycles. The fourth-order valence-electron chi connectivity index (χ4n) is 6.32. The summed E-state index contributed by atoms with van der Waals surface area (Å²) in [6.07, 6.45) is -0.494. The molecular weight excluding hydrogens is 758 g/mol. The Balaban J connectivity index is 1.35. The van der Waals surface area contributed by atoms with Crippen molar-refractivity contribution in [2.45, 2.75) is 37.9 Å². The summed E-state index contributed by atoms with van der Waals surface area (Å²) in [5, 5.41) is 6.35. The van der Waals surface area contributed by atoms with Gasteiger partial charge in [-0.05, 0) is 53.9 Å². The number of ether oxygens (including phenoxy) is 2. The van der Waals surface area contributed by atoms with E-state index in [0.29, 0.717) is 10.0 Å². The van der Waals surface area contributed by atoms with Gasteiger partial charge < -0.3 is 20.1 Å². The minimum absolute atomic E-state index is 0.0746. The lowest BCUT2D eigenvalue weighted by Crippen LogP contribution is -2.62. The standard InChI is InChI=1S/C39H41Cl2FN4O7S/c1-3-53-37(48)23-36(47)44-35(19-26-7-5-4-6-8-26)39(49)43-17-18-54(50,51)46(32-20-31(42)21-34(22-32)52-2)33-24-45(25-33)38(27-9-13-29(40)14-10-27)28-11-15-30(41)16-12-28/h4-16,20-22,33,35,38H,3,17-19,23-25H2,1-2H3,(H,43,49)(H,44,47). The minimum Gasteiger partial charge on any atom is -0.497 e. The zero-order chi connectivity index (χ0) is 38.8. The van der Waals surface area contributed by atoms with E-state index in [-0.39, 0.29) is 50.1 Å². The molecule has 2 N–H and O–H groups in total. The molecule has 1 atom stereocenters. The number of nitrogens with one attached hydrogen (secondary N) is 2. The van der Waals surface area contributed by atoms with Crippen LogP contribution in [0.25, 0.3) is 0 Å². The van der Waals surface area contributed by atoms with Crippen LogP contribution in [-0.4, -0.2) is 82.3 Å². The minimum atomic E-state index is -4.21. The van der Waals surface area contributed by atoms with Crippen LogP contribution >= 0.6 is 23.2 Å². The van der Waals surface area contributed by atoms with E-state index in [2.05, 4.69) is 15.5 Å². The van der Waals surface area contributed by atoms with Crippen molar-refractivity contribution in [2.75, 3.05) is 43.4 Å². The predicted octanol–water partition coefficient (Wildman–Crippen LogP) is 5.55. The number of esters is 1. The number of sulfonamides is 1. The lowest BCUT2D eigenvalue weighted by Gasteiger charge is -2.49. The molecule has 1 aliphatic rings. The fraction of sp³-hybridized carbons (Fsp3) is 0.308.